The normalized spacial score (nSPS) is 15.3. The summed E-state index contributed by atoms with van der Waals surface area (Å²) in [5.41, 5.74) is 2.20. The van der Waals surface area contributed by atoms with Crippen LogP contribution < -0.4 is 5.32 Å². The summed E-state index contributed by atoms with van der Waals surface area (Å²) >= 11 is 0. The van der Waals surface area contributed by atoms with Crippen molar-refractivity contribution in [2.45, 2.75) is 26.3 Å². The molecule has 0 atom stereocenters. The van der Waals surface area contributed by atoms with Crippen LogP contribution in [0.1, 0.15) is 25.3 Å². The van der Waals surface area contributed by atoms with Gasteiger partial charge in [0.15, 0.2) is 5.96 Å². The Hall–Kier alpha value is -2.30. The van der Waals surface area contributed by atoms with E-state index in [1.54, 1.807) is 0 Å². The van der Waals surface area contributed by atoms with Crippen molar-refractivity contribution in [1.29, 1.82) is 0 Å². The van der Waals surface area contributed by atoms with Crippen LogP contribution in [-0.2, 0) is 6.54 Å². The predicted molar refractivity (Wildman–Crippen MR) is 89.2 cm³/mol. The van der Waals surface area contributed by atoms with E-state index in [9.17, 15) is 0 Å². The first-order chi connectivity index (χ1) is 10.9. The van der Waals surface area contributed by atoms with Crippen molar-refractivity contribution in [1.82, 2.24) is 20.0 Å². The Bertz CT molecular complexity index is 611. The molecule has 1 aromatic heterocycles. The fourth-order valence-electron chi connectivity index (χ4n) is 2.68. The maximum atomic E-state index is 4.75. The van der Waals surface area contributed by atoms with Gasteiger partial charge in [0.05, 0.1) is 18.4 Å². The molecule has 0 saturated carbocycles. The lowest BCUT2D eigenvalue weighted by Crippen LogP contribution is -2.39. The van der Waals surface area contributed by atoms with E-state index in [1.807, 2.05) is 47.4 Å². The van der Waals surface area contributed by atoms with E-state index in [0.29, 0.717) is 6.54 Å². The highest BCUT2D eigenvalue weighted by atomic mass is 15.3. The summed E-state index contributed by atoms with van der Waals surface area (Å²) < 4.78 is 1.90. The highest BCUT2D eigenvalue weighted by Crippen LogP contribution is 2.10. The Balaban J connectivity index is 1.69. The number of benzene rings is 1. The van der Waals surface area contributed by atoms with Gasteiger partial charge in [-0.05, 0) is 31.9 Å². The SMILES string of the molecule is CCNC(=NCc1cnn(-c2ccccc2)c1)N1CCCC1. The van der Waals surface area contributed by atoms with Crippen LogP contribution in [0.5, 0.6) is 0 Å². The van der Waals surface area contributed by atoms with Crippen LogP contribution in [0, 0.1) is 0 Å². The van der Waals surface area contributed by atoms with Crippen molar-refractivity contribution < 1.29 is 0 Å². The summed E-state index contributed by atoms with van der Waals surface area (Å²) in [7, 11) is 0. The average Bonchev–Trinajstić information content (AvgIpc) is 3.24. The molecular weight excluding hydrogens is 274 g/mol. The third-order valence-electron chi connectivity index (χ3n) is 3.81. The lowest BCUT2D eigenvalue weighted by molar-refractivity contribution is 0.493. The molecule has 116 valence electrons. The van der Waals surface area contributed by atoms with Crippen LogP contribution in [-0.4, -0.2) is 40.3 Å². The van der Waals surface area contributed by atoms with Gasteiger partial charge in [-0.1, -0.05) is 18.2 Å². The maximum Gasteiger partial charge on any atom is 0.194 e. The van der Waals surface area contributed by atoms with Crippen molar-refractivity contribution in [3.63, 3.8) is 0 Å². The molecule has 2 heterocycles. The van der Waals surface area contributed by atoms with Gasteiger partial charge in [0.25, 0.3) is 0 Å². The van der Waals surface area contributed by atoms with Crippen molar-refractivity contribution in [2.24, 2.45) is 4.99 Å². The Kier molecular flexibility index (Phi) is 4.73. The number of likely N-dealkylation sites (tertiary alicyclic amines) is 1. The monoisotopic (exact) mass is 297 g/mol. The zero-order valence-corrected chi connectivity index (χ0v) is 13.1. The first-order valence-electron chi connectivity index (χ1n) is 7.99. The molecule has 0 bridgehead atoms. The third-order valence-corrected chi connectivity index (χ3v) is 3.81. The molecule has 3 rings (SSSR count). The molecule has 1 N–H and O–H groups in total. The predicted octanol–water partition coefficient (Wildman–Crippen LogP) is 2.43. The van der Waals surface area contributed by atoms with Crippen LogP contribution in [0.15, 0.2) is 47.7 Å². The molecule has 0 amide bonds. The fourth-order valence-corrected chi connectivity index (χ4v) is 2.68. The van der Waals surface area contributed by atoms with Gasteiger partial charge in [0.1, 0.15) is 0 Å². The zero-order chi connectivity index (χ0) is 15.2. The van der Waals surface area contributed by atoms with Crippen LogP contribution in [0.4, 0.5) is 0 Å². The second kappa shape index (κ2) is 7.11. The first kappa shape index (κ1) is 14.6. The average molecular weight is 297 g/mol. The molecule has 5 heteroatoms. The Morgan fingerprint density at radius 1 is 1.23 bits per heavy atom. The standard InChI is InChI=1S/C17H23N5/c1-2-18-17(21-10-6-7-11-21)19-12-15-13-20-22(14-15)16-8-4-3-5-9-16/h3-5,8-9,13-14H,2,6-7,10-12H2,1H3,(H,18,19). The van der Waals surface area contributed by atoms with Crippen molar-refractivity contribution in [3.05, 3.63) is 48.3 Å². The van der Waals surface area contributed by atoms with E-state index in [2.05, 4.69) is 22.2 Å². The fraction of sp³-hybridized carbons (Fsp3) is 0.412. The molecule has 1 fully saturated rings. The number of hydrogen-bond donors (Lipinski definition) is 1. The summed E-state index contributed by atoms with van der Waals surface area (Å²) in [6, 6.07) is 10.1. The molecule has 22 heavy (non-hydrogen) atoms. The minimum atomic E-state index is 0.658. The highest BCUT2D eigenvalue weighted by molar-refractivity contribution is 5.80. The van der Waals surface area contributed by atoms with Gasteiger partial charge in [-0.25, -0.2) is 9.67 Å². The molecule has 2 aromatic rings. The van der Waals surface area contributed by atoms with E-state index in [0.717, 1.165) is 36.8 Å². The van der Waals surface area contributed by atoms with Gasteiger partial charge in [-0.3, -0.25) is 0 Å². The van der Waals surface area contributed by atoms with Gasteiger partial charge >= 0.3 is 0 Å². The van der Waals surface area contributed by atoms with Crippen molar-refractivity contribution in [2.75, 3.05) is 19.6 Å². The van der Waals surface area contributed by atoms with Crippen LogP contribution in [0.25, 0.3) is 5.69 Å². The quantitative estimate of drug-likeness (QED) is 0.696. The third kappa shape index (κ3) is 3.47. The minimum Gasteiger partial charge on any atom is -0.357 e. The molecule has 1 aromatic carbocycles. The van der Waals surface area contributed by atoms with Crippen LogP contribution in [0.2, 0.25) is 0 Å². The Labute approximate surface area is 131 Å². The lowest BCUT2D eigenvalue weighted by Gasteiger charge is -2.20. The number of aromatic nitrogens is 2. The number of aliphatic imine (C=N–C) groups is 1. The van der Waals surface area contributed by atoms with Gasteiger partial charge in [-0.15, -0.1) is 0 Å². The van der Waals surface area contributed by atoms with Gasteiger partial charge in [0.2, 0.25) is 0 Å². The topological polar surface area (TPSA) is 45.5 Å². The molecule has 1 aliphatic heterocycles. The number of hydrogen-bond acceptors (Lipinski definition) is 2. The Morgan fingerprint density at radius 3 is 2.73 bits per heavy atom. The summed E-state index contributed by atoms with van der Waals surface area (Å²) in [6.45, 7) is 5.88. The first-order valence-corrected chi connectivity index (χ1v) is 7.99. The number of nitrogens with one attached hydrogen (secondary N) is 1. The van der Waals surface area contributed by atoms with E-state index >= 15 is 0 Å². The van der Waals surface area contributed by atoms with Crippen LogP contribution in [0.3, 0.4) is 0 Å². The number of para-hydroxylation sites is 1. The highest BCUT2D eigenvalue weighted by Gasteiger charge is 2.15. The van der Waals surface area contributed by atoms with Gasteiger partial charge in [0, 0.05) is 31.4 Å². The zero-order valence-electron chi connectivity index (χ0n) is 13.1. The van der Waals surface area contributed by atoms with E-state index in [4.69, 9.17) is 4.99 Å². The minimum absolute atomic E-state index is 0.658. The molecular formula is C17H23N5. The smallest absolute Gasteiger partial charge is 0.194 e. The lowest BCUT2D eigenvalue weighted by atomic mass is 10.3. The second-order valence-electron chi connectivity index (χ2n) is 5.49. The molecule has 1 aliphatic rings. The Morgan fingerprint density at radius 2 is 2.00 bits per heavy atom. The largest absolute Gasteiger partial charge is 0.357 e. The van der Waals surface area contributed by atoms with Gasteiger partial charge < -0.3 is 10.2 Å². The summed E-state index contributed by atoms with van der Waals surface area (Å²) in [5.74, 6) is 1.02. The maximum absolute atomic E-state index is 4.75. The van der Waals surface area contributed by atoms with E-state index < -0.39 is 0 Å². The molecule has 0 aliphatic carbocycles. The molecule has 1 saturated heterocycles. The summed E-state index contributed by atoms with van der Waals surface area (Å²) in [5, 5.41) is 7.80. The number of guanidine groups is 1. The molecule has 0 spiro atoms. The van der Waals surface area contributed by atoms with Gasteiger partial charge in [-0.2, -0.15) is 5.10 Å². The number of nitrogens with zero attached hydrogens (tertiary/aromatic N) is 4. The van der Waals surface area contributed by atoms with E-state index in [-0.39, 0.29) is 0 Å². The van der Waals surface area contributed by atoms with Crippen molar-refractivity contribution in [3.8, 4) is 5.69 Å². The molecule has 0 radical (unpaired) electrons. The summed E-state index contributed by atoms with van der Waals surface area (Å²) in [6.07, 6.45) is 6.46. The second-order valence-corrected chi connectivity index (χ2v) is 5.49. The molecule has 0 unspecified atom stereocenters. The van der Waals surface area contributed by atoms with E-state index in [1.165, 1.54) is 12.8 Å². The number of rotatable bonds is 4. The van der Waals surface area contributed by atoms with Crippen LogP contribution >= 0.6 is 0 Å². The van der Waals surface area contributed by atoms with Crippen molar-refractivity contribution >= 4 is 5.96 Å². The summed E-state index contributed by atoms with van der Waals surface area (Å²) in [4.78, 5) is 7.09. The molecule has 5 nitrogen and oxygen atoms in total.